The molecule has 0 aliphatic carbocycles. The van der Waals surface area contributed by atoms with Crippen LogP contribution in [0.2, 0.25) is 0 Å². The van der Waals surface area contributed by atoms with Gasteiger partial charge in [0.2, 0.25) is 0 Å². The van der Waals surface area contributed by atoms with Crippen molar-refractivity contribution in [1.29, 1.82) is 0 Å². The Labute approximate surface area is 124 Å². The first-order chi connectivity index (χ1) is 9.88. The van der Waals surface area contributed by atoms with Gasteiger partial charge >= 0.3 is 0 Å². The van der Waals surface area contributed by atoms with Gasteiger partial charge in [0.1, 0.15) is 0 Å². The van der Waals surface area contributed by atoms with Gasteiger partial charge in [-0.1, -0.05) is 37.3 Å². The third-order valence-electron chi connectivity index (χ3n) is 3.86. The number of likely N-dealkylation sites (N-methyl/N-ethyl adjacent to an activating group) is 1. The van der Waals surface area contributed by atoms with E-state index in [0.717, 1.165) is 26.0 Å². The van der Waals surface area contributed by atoms with Gasteiger partial charge in [0.15, 0.2) is 0 Å². The second-order valence-electron chi connectivity index (χ2n) is 5.19. The summed E-state index contributed by atoms with van der Waals surface area (Å²) < 4.78 is 6.11. The summed E-state index contributed by atoms with van der Waals surface area (Å²) >= 11 is 1.83. The van der Waals surface area contributed by atoms with Crippen molar-refractivity contribution in [2.75, 3.05) is 13.2 Å². The largest absolute Gasteiger partial charge is 0.372 e. The van der Waals surface area contributed by atoms with Crippen molar-refractivity contribution in [2.45, 2.75) is 31.9 Å². The van der Waals surface area contributed by atoms with Crippen LogP contribution < -0.4 is 5.32 Å². The van der Waals surface area contributed by atoms with Crippen molar-refractivity contribution >= 4 is 11.3 Å². The minimum atomic E-state index is 0.169. The smallest absolute Gasteiger partial charge is 0.0984 e. The van der Waals surface area contributed by atoms with Crippen molar-refractivity contribution in [1.82, 2.24) is 5.32 Å². The number of thiophene rings is 1. The van der Waals surface area contributed by atoms with Crippen molar-refractivity contribution in [3.05, 3.63) is 57.8 Å². The van der Waals surface area contributed by atoms with Crippen LogP contribution in [-0.4, -0.2) is 19.2 Å². The predicted octanol–water partition coefficient (Wildman–Crippen LogP) is 3.58. The van der Waals surface area contributed by atoms with Crippen LogP contribution in [-0.2, 0) is 17.6 Å². The van der Waals surface area contributed by atoms with E-state index in [4.69, 9.17) is 4.74 Å². The summed E-state index contributed by atoms with van der Waals surface area (Å²) in [5.74, 6) is 0. The van der Waals surface area contributed by atoms with E-state index in [-0.39, 0.29) is 6.10 Å². The lowest BCUT2D eigenvalue weighted by molar-refractivity contribution is 0.0160. The van der Waals surface area contributed by atoms with Crippen molar-refractivity contribution < 1.29 is 4.74 Å². The summed E-state index contributed by atoms with van der Waals surface area (Å²) in [6.07, 6.45) is 2.23. The minimum Gasteiger partial charge on any atom is -0.372 e. The Kier molecular flexibility index (Phi) is 4.51. The van der Waals surface area contributed by atoms with Gasteiger partial charge in [-0.3, -0.25) is 0 Å². The summed E-state index contributed by atoms with van der Waals surface area (Å²) in [5, 5.41) is 5.76. The quantitative estimate of drug-likeness (QED) is 0.907. The molecular weight excluding hydrogens is 266 g/mol. The lowest BCUT2D eigenvalue weighted by Crippen LogP contribution is -2.39. The van der Waals surface area contributed by atoms with E-state index in [1.165, 1.54) is 16.0 Å². The van der Waals surface area contributed by atoms with E-state index < -0.39 is 0 Å². The number of benzene rings is 1. The Balaban J connectivity index is 1.84. The highest BCUT2D eigenvalue weighted by molar-refractivity contribution is 7.09. The maximum Gasteiger partial charge on any atom is 0.0984 e. The van der Waals surface area contributed by atoms with Gasteiger partial charge in [-0.25, -0.2) is 0 Å². The number of rotatable bonds is 5. The van der Waals surface area contributed by atoms with E-state index in [1.54, 1.807) is 0 Å². The molecule has 1 N–H and O–H groups in total. The first-order valence-electron chi connectivity index (χ1n) is 7.33. The van der Waals surface area contributed by atoms with Gasteiger partial charge in [-0.05, 0) is 42.0 Å². The Morgan fingerprint density at radius 3 is 3.00 bits per heavy atom. The van der Waals surface area contributed by atoms with Gasteiger partial charge in [0, 0.05) is 10.9 Å². The molecule has 3 heteroatoms. The summed E-state index contributed by atoms with van der Waals surface area (Å²) in [6.45, 7) is 3.96. The second kappa shape index (κ2) is 6.53. The van der Waals surface area contributed by atoms with Crippen LogP contribution in [0, 0.1) is 0 Å². The maximum absolute atomic E-state index is 6.11. The first kappa shape index (κ1) is 13.8. The standard InChI is InChI=1S/C17H21NOS/c1-2-18-16(12-14-7-5-11-20-14)17-15-8-4-3-6-13(15)9-10-19-17/h3-8,11,16-18H,2,9-10,12H2,1H3. The van der Waals surface area contributed by atoms with E-state index >= 15 is 0 Å². The maximum atomic E-state index is 6.11. The zero-order chi connectivity index (χ0) is 13.8. The number of ether oxygens (including phenoxy) is 1. The van der Waals surface area contributed by atoms with E-state index in [1.807, 2.05) is 11.3 Å². The number of nitrogens with one attached hydrogen (secondary N) is 1. The normalized spacial score (nSPS) is 19.6. The third kappa shape index (κ3) is 2.95. The fourth-order valence-corrected chi connectivity index (χ4v) is 3.72. The molecule has 0 radical (unpaired) electrons. The van der Waals surface area contributed by atoms with Crippen molar-refractivity contribution in [2.24, 2.45) is 0 Å². The zero-order valence-corrected chi connectivity index (χ0v) is 12.7. The second-order valence-corrected chi connectivity index (χ2v) is 6.22. The average molecular weight is 287 g/mol. The molecule has 3 rings (SSSR count). The average Bonchev–Trinajstić information content (AvgIpc) is 2.99. The fraction of sp³-hybridized carbons (Fsp3) is 0.412. The topological polar surface area (TPSA) is 21.3 Å². The summed E-state index contributed by atoms with van der Waals surface area (Å²) in [7, 11) is 0. The molecule has 1 aliphatic rings. The highest BCUT2D eigenvalue weighted by atomic mass is 32.1. The molecule has 2 aromatic rings. The van der Waals surface area contributed by atoms with Crippen molar-refractivity contribution in [3.8, 4) is 0 Å². The molecule has 1 aliphatic heterocycles. The van der Waals surface area contributed by atoms with Crippen LogP contribution in [0.1, 0.15) is 29.0 Å². The van der Waals surface area contributed by atoms with Crippen LogP contribution in [0.5, 0.6) is 0 Å². The zero-order valence-electron chi connectivity index (χ0n) is 11.8. The minimum absolute atomic E-state index is 0.169. The van der Waals surface area contributed by atoms with Crippen LogP contribution in [0.15, 0.2) is 41.8 Å². The molecule has 0 amide bonds. The van der Waals surface area contributed by atoms with Gasteiger partial charge < -0.3 is 10.1 Å². The fourth-order valence-electron chi connectivity index (χ4n) is 2.95. The van der Waals surface area contributed by atoms with Gasteiger partial charge in [-0.15, -0.1) is 11.3 Å². The SMILES string of the molecule is CCNC(Cc1cccs1)C1OCCc2ccccc21. The molecular formula is C17H21NOS. The molecule has 0 spiro atoms. The Hall–Kier alpha value is -1.16. The van der Waals surface area contributed by atoms with Crippen LogP contribution in [0.4, 0.5) is 0 Å². The van der Waals surface area contributed by atoms with Crippen LogP contribution in [0.25, 0.3) is 0 Å². The molecule has 20 heavy (non-hydrogen) atoms. The number of hydrogen-bond donors (Lipinski definition) is 1. The highest BCUT2D eigenvalue weighted by Crippen LogP contribution is 2.31. The molecule has 1 aromatic heterocycles. The summed E-state index contributed by atoms with van der Waals surface area (Å²) in [5.41, 5.74) is 2.80. The van der Waals surface area contributed by atoms with Gasteiger partial charge in [-0.2, -0.15) is 0 Å². The number of fused-ring (bicyclic) bond motifs is 1. The lowest BCUT2D eigenvalue weighted by Gasteiger charge is -2.33. The Morgan fingerprint density at radius 1 is 1.30 bits per heavy atom. The predicted molar refractivity (Wildman–Crippen MR) is 84.3 cm³/mol. The van der Waals surface area contributed by atoms with Crippen LogP contribution in [0.3, 0.4) is 0 Å². The molecule has 0 fully saturated rings. The van der Waals surface area contributed by atoms with Crippen molar-refractivity contribution in [3.63, 3.8) is 0 Å². The Bertz CT molecular complexity index is 538. The van der Waals surface area contributed by atoms with E-state index in [9.17, 15) is 0 Å². The first-order valence-corrected chi connectivity index (χ1v) is 8.21. The molecule has 1 aromatic carbocycles. The molecule has 0 saturated carbocycles. The van der Waals surface area contributed by atoms with Gasteiger partial charge in [0.25, 0.3) is 0 Å². The molecule has 2 nitrogen and oxygen atoms in total. The van der Waals surface area contributed by atoms with Gasteiger partial charge in [0.05, 0.1) is 12.7 Å². The molecule has 2 heterocycles. The molecule has 2 atom stereocenters. The monoisotopic (exact) mass is 287 g/mol. The highest BCUT2D eigenvalue weighted by Gasteiger charge is 2.28. The summed E-state index contributed by atoms with van der Waals surface area (Å²) in [6, 6.07) is 13.4. The van der Waals surface area contributed by atoms with E-state index in [0.29, 0.717) is 6.04 Å². The lowest BCUT2D eigenvalue weighted by atomic mass is 9.91. The summed E-state index contributed by atoms with van der Waals surface area (Å²) in [4.78, 5) is 1.42. The molecule has 106 valence electrons. The third-order valence-corrected chi connectivity index (χ3v) is 4.76. The van der Waals surface area contributed by atoms with E-state index in [2.05, 4.69) is 54.0 Å². The molecule has 2 unspecified atom stereocenters. The number of hydrogen-bond acceptors (Lipinski definition) is 3. The Morgan fingerprint density at radius 2 is 2.20 bits per heavy atom. The molecule has 0 saturated heterocycles. The van der Waals surface area contributed by atoms with Crippen LogP contribution >= 0.6 is 11.3 Å². The molecule has 0 bridgehead atoms.